The highest BCUT2D eigenvalue weighted by molar-refractivity contribution is 7.89. The van der Waals surface area contributed by atoms with E-state index in [-0.39, 0.29) is 23.2 Å². The summed E-state index contributed by atoms with van der Waals surface area (Å²) < 4.78 is 46.2. The molecule has 0 saturated heterocycles. The molecule has 1 atom stereocenters. The van der Waals surface area contributed by atoms with Gasteiger partial charge in [-0.25, -0.2) is 17.5 Å². The minimum atomic E-state index is -3.94. The van der Waals surface area contributed by atoms with Gasteiger partial charge < -0.3 is 10.1 Å². The third-order valence-corrected chi connectivity index (χ3v) is 5.58. The highest BCUT2D eigenvalue weighted by Gasteiger charge is 2.24. The van der Waals surface area contributed by atoms with Gasteiger partial charge >= 0.3 is 0 Å². The number of halogens is 1. The van der Waals surface area contributed by atoms with E-state index in [2.05, 4.69) is 10.0 Å². The summed E-state index contributed by atoms with van der Waals surface area (Å²) in [4.78, 5) is -0.382. The smallest absolute Gasteiger partial charge is 0.243 e. The lowest BCUT2D eigenvalue weighted by Gasteiger charge is -2.27. The number of hydrogen-bond donors (Lipinski definition) is 2. The van der Waals surface area contributed by atoms with Gasteiger partial charge in [0.1, 0.15) is 16.5 Å². The van der Waals surface area contributed by atoms with E-state index < -0.39 is 15.8 Å². The molecule has 0 amide bonds. The lowest BCUT2D eigenvalue weighted by molar-refractivity contribution is 0.409. The predicted molar refractivity (Wildman–Crippen MR) is 89.0 cm³/mol. The van der Waals surface area contributed by atoms with Crippen LogP contribution in [0.15, 0.2) is 47.4 Å². The van der Waals surface area contributed by atoms with Crippen LogP contribution < -0.4 is 14.8 Å². The van der Waals surface area contributed by atoms with Gasteiger partial charge in [-0.15, -0.1) is 0 Å². The first-order chi connectivity index (χ1) is 11.5. The Morgan fingerprint density at radius 1 is 1.29 bits per heavy atom. The molecule has 1 unspecified atom stereocenters. The third-order valence-electron chi connectivity index (χ3n) is 4.12. The Morgan fingerprint density at radius 3 is 2.83 bits per heavy atom. The molecule has 3 rings (SSSR count). The lowest BCUT2D eigenvalue weighted by atomic mass is 9.95. The van der Waals surface area contributed by atoms with Crippen molar-refractivity contribution >= 4 is 10.0 Å². The second-order valence-electron chi connectivity index (χ2n) is 5.60. The molecular weight excluding hydrogens is 331 g/mol. The van der Waals surface area contributed by atoms with E-state index in [4.69, 9.17) is 4.74 Å². The fourth-order valence-electron chi connectivity index (χ4n) is 2.87. The van der Waals surface area contributed by atoms with Crippen molar-refractivity contribution in [2.24, 2.45) is 0 Å². The topological polar surface area (TPSA) is 67.4 Å². The van der Waals surface area contributed by atoms with E-state index in [1.54, 1.807) is 0 Å². The molecule has 1 heterocycles. The van der Waals surface area contributed by atoms with Crippen LogP contribution in [0.2, 0.25) is 0 Å². The summed E-state index contributed by atoms with van der Waals surface area (Å²) in [6.45, 7) is 0.936. The molecule has 0 fully saturated rings. The number of rotatable bonds is 5. The number of benzene rings is 2. The summed E-state index contributed by atoms with van der Waals surface area (Å²) in [5.41, 5.74) is 2.28. The standard InChI is InChI=1S/C17H19FN2O3S/c1-23-13-6-7-17(15(18)10-13)24(21,22)20-11-16-14-5-3-2-4-12(14)8-9-19-16/h2-7,10,16,19-20H,8-9,11H2,1H3. The highest BCUT2D eigenvalue weighted by atomic mass is 32.2. The van der Waals surface area contributed by atoms with Crippen molar-refractivity contribution in [2.75, 3.05) is 20.2 Å². The molecule has 2 N–H and O–H groups in total. The van der Waals surface area contributed by atoms with Crippen LogP contribution in [0.1, 0.15) is 17.2 Å². The Bertz CT molecular complexity index is 839. The van der Waals surface area contributed by atoms with Crippen LogP contribution in [0, 0.1) is 5.82 Å². The summed E-state index contributed by atoms with van der Waals surface area (Å²) >= 11 is 0. The molecule has 0 radical (unpaired) electrons. The minimum Gasteiger partial charge on any atom is -0.497 e. The third kappa shape index (κ3) is 3.43. The normalized spacial score (nSPS) is 17.3. The zero-order valence-corrected chi connectivity index (χ0v) is 14.1. The van der Waals surface area contributed by atoms with Crippen molar-refractivity contribution in [3.63, 3.8) is 0 Å². The van der Waals surface area contributed by atoms with Crippen LogP contribution in [0.3, 0.4) is 0 Å². The molecule has 0 saturated carbocycles. The number of methoxy groups -OCH3 is 1. The summed E-state index contributed by atoms with van der Waals surface area (Å²) in [7, 11) is -2.54. The molecular formula is C17H19FN2O3S. The van der Waals surface area contributed by atoms with Crippen LogP contribution >= 0.6 is 0 Å². The maximum Gasteiger partial charge on any atom is 0.243 e. The molecule has 7 heteroatoms. The predicted octanol–water partition coefficient (Wildman–Crippen LogP) is 2.00. The number of nitrogens with one attached hydrogen (secondary N) is 2. The highest BCUT2D eigenvalue weighted by Crippen LogP contribution is 2.24. The summed E-state index contributed by atoms with van der Waals surface area (Å²) in [5, 5.41) is 3.29. The fraction of sp³-hybridized carbons (Fsp3) is 0.294. The minimum absolute atomic E-state index is 0.133. The second kappa shape index (κ2) is 6.88. The number of fused-ring (bicyclic) bond motifs is 1. The molecule has 128 valence electrons. The number of hydrogen-bond acceptors (Lipinski definition) is 4. The van der Waals surface area contributed by atoms with Crippen molar-refractivity contribution in [3.8, 4) is 5.75 Å². The van der Waals surface area contributed by atoms with Crippen molar-refractivity contribution < 1.29 is 17.5 Å². The van der Waals surface area contributed by atoms with Crippen LogP contribution in [-0.4, -0.2) is 28.6 Å². The Morgan fingerprint density at radius 2 is 2.08 bits per heavy atom. The Hall–Kier alpha value is -1.96. The first-order valence-corrected chi connectivity index (χ1v) is 9.14. The Kier molecular flexibility index (Phi) is 4.84. The lowest BCUT2D eigenvalue weighted by Crippen LogP contribution is -2.39. The molecule has 1 aliphatic heterocycles. The van der Waals surface area contributed by atoms with Gasteiger partial charge in [-0.05, 0) is 36.2 Å². The molecule has 2 aromatic carbocycles. The second-order valence-corrected chi connectivity index (χ2v) is 7.34. The van der Waals surface area contributed by atoms with Crippen LogP contribution in [-0.2, 0) is 16.4 Å². The van der Waals surface area contributed by atoms with Gasteiger partial charge in [0.05, 0.1) is 7.11 Å². The van der Waals surface area contributed by atoms with Crippen molar-refractivity contribution in [2.45, 2.75) is 17.4 Å². The van der Waals surface area contributed by atoms with Gasteiger partial charge in [-0.1, -0.05) is 24.3 Å². The monoisotopic (exact) mass is 350 g/mol. The Balaban J connectivity index is 1.77. The zero-order chi connectivity index (χ0) is 17.2. The zero-order valence-electron chi connectivity index (χ0n) is 13.3. The van der Waals surface area contributed by atoms with Gasteiger partial charge in [0, 0.05) is 18.7 Å². The average molecular weight is 350 g/mol. The summed E-state index contributed by atoms with van der Waals surface area (Å²) in [5.74, 6) is -0.562. The SMILES string of the molecule is COc1ccc(S(=O)(=O)NCC2NCCc3ccccc32)c(F)c1. The summed E-state index contributed by atoms with van der Waals surface area (Å²) in [6.07, 6.45) is 0.909. The van der Waals surface area contributed by atoms with Gasteiger partial charge in [0.15, 0.2) is 0 Å². The molecule has 5 nitrogen and oxygen atoms in total. The quantitative estimate of drug-likeness (QED) is 0.866. The van der Waals surface area contributed by atoms with Gasteiger partial charge in [-0.3, -0.25) is 0 Å². The number of sulfonamides is 1. The van der Waals surface area contributed by atoms with Crippen LogP contribution in [0.25, 0.3) is 0 Å². The maximum atomic E-state index is 14.0. The first-order valence-electron chi connectivity index (χ1n) is 7.65. The molecule has 0 bridgehead atoms. The van der Waals surface area contributed by atoms with Gasteiger partial charge in [0.2, 0.25) is 10.0 Å². The van der Waals surface area contributed by atoms with Gasteiger partial charge in [-0.2, -0.15) is 0 Å². The Labute approximate surface area is 140 Å². The average Bonchev–Trinajstić information content (AvgIpc) is 2.59. The van der Waals surface area contributed by atoms with E-state index in [0.717, 1.165) is 24.6 Å². The van der Waals surface area contributed by atoms with E-state index in [1.165, 1.54) is 24.8 Å². The largest absolute Gasteiger partial charge is 0.497 e. The molecule has 0 spiro atoms. The van der Waals surface area contributed by atoms with Crippen LogP contribution in [0.4, 0.5) is 4.39 Å². The summed E-state index contributed by atoms with van der Waals surface area (Å²) in [6, 6.07) is 11.5. The van der Waals surface area contributed by atoms with E-state index >= 15 is 0 Å². The molecule has 0 aliphatic carbocycles. The van der Waals surface area contributed by atoms with Crippen molar-refractivity contribution in [3.05, 3.63) is 59.4 Å². The maximum absolute atomic E-state index is 14.0. The van der Waals surface area contributed by atoms with Crippen molar-refractivity contribution in [1.82, 2.24) is 10.0 Å². The van der Waals surface area contributed by atoms with E-state index in [9.17, 15) is 12.8 Å². The van der Waals surface area contributed by atoms with Crippen molar-refractivity contribution in [1.29, 1.82) is 0 Å². The fourth-order valence-corrected chi connectivity index (χ4v) is 3.98. The van der Waals surface area contributed by atoms with Crippen LogP contribution in [0.5, 0.6) is 5.75 Å². The molecule has 2 aromatic rings. The number of ether oxygens (including phenoxy) is 1. The first kappa shape index (κ1) is 16.9. The molecule has 24 heavy (non-hydrogen) atoms. The molecule has 0 aromatic heterocycles. The molecule has 1 aliphatic rings. The van der Waals surface area contributed by atoms with E-state index in [1.807, 2.05) is 24.3 Å². The van der Waals surface area contributed by atoms with E-state index in [0.29, 0.717) is 0 Å². The van der Waals surface area contributed by atoms with Gasteiger partial charge in [0.25, 0.3) is 0 Å².